The first-order valence-corrected chi connectivity index (χ1v) is 7.42. The van der Waals surface area contributed by atoms with Gasteiger partial charge in [-0.25, -0.2) is 0 Å². The third-order valence-electron chi connectivity index (χ3n) is 4.33. The lowest BCUT2D eigenvalue weighted by molar-refractivity contribution is -0.133. The second kappa shape index (κ2) is 5.74. The van der Waals surface area contributed by atoms with Gasteiger partial charge in [-0.3, -0.25) is 4.79 Å². The Bertz CT molecular complexity index is 426. The second-order valence-electron chi connectivity index (χ2n) is 5.67. The molecule has 2 unspecified atom stereocenters. The van der Waals surface area contributed by atoms with Gasteiger partial charge in [0.2, 0.25) is 5.91 Å². The van der Waals surface area contributed by atoms with Gasteiger partial charge < -0.3 is 10.2 Å². The van der Waals surface area contributed by atoms with Crippen LogP contribution >= 0.6 is 0 Å². The molecule has 1 amide bonds. The summed E-state index contributed by atoms with van der Waals surface area (Å²) in [7, 11) is 0. The van der Waals surface area contributed by atoms with Crippen LogP contribution in [0.1, 0.15) is 31.2 Å². The van der Waals surface area contributed by atoms with Gasteiger partial charge in [0.15, 0.2) is 0 Å². The zero-order valence-corrected chi connectivity index (χ0v) is 11.3. The fraction of sp³-hybridized carbons (Fsp3) is 0.562. The average Bonchev–Trinajstić information content (AvgIpc) is 3.10. The fourth-order valence-corrected chi connectivity index (χ4v) is 3.32. The average molecular weight is 258 g/mol. The molecule has 2 fully saturated rings. The molecule has 0 saturated carbocycles. The van der Waals surface area contributed by atoms with E-state index in [1.807, 2.05) is 6.07 Å². The van der Waals surface area contributed by atoms with Gasteiger partial charge in [0.05, 0.1) is 6.04 Å². The van der Waals surface area contributed by atoms with Crippen molar-refractivity contribution >= 4 is 5.91 Å². The van der Waals surface area contributed by atoms with Gasteiger partial charge in [0.25, 0.3) is 0 Å². The Morgan fingerprint density at radius 2 is 2.05 bits per heavy atom. The highest BCUT2D eigenvalue weighted by Crippen LogP contribution is 2.23. The molecule has 102 valence electrons. The summed E-state index contributed by atoms with van der Waals surface area (Å²) in [6.07, 6.45) is 5.43. The van der Waals surface area contributed by atoms with Crippen LogP contribution in [0.25, 0.3) is 0 Å². The maximum Gasteiger partial charge on any atom is 0.239 e. The molecule has 0 bridgehead atoms. The number of carbonyl (C=O) groups excluding carboxylic acids is 1. The molecule has 0 aliphatic carbocycles. The summed E-state index contributed by atoms with van der Waals surface area (Å²) in [6.45, 7) is 1.93. The van der Waals surface area contributed by atoms with Crippen LogP contribution in [0.4, 0.5) is 0 Å². The Balaban J connectivity index is 1.66. The smallest absolute Gasteiger partial charge is 0.239 e. The summed E-state index contributed by atoms with van der Waals surface area (Å²) in [6, 6.07) is 11.0. The van der Waals surface area contributed by atoms with Crippen molar-refractivity contribution in [2.75, 3.05) is 13.1 Å². The Morgan fingerprint density at radius 1 is 1.21 bits per heavy atom. The van der Waals surface area contributed by atoms with E-state index in [0.29, 0.717) is 11.9 Å². The molecule has 2 heterocycles. The Morgan fingerprint density at radius 3 is 2.79 bits per heavy atom. The van der Waals surface area contributed by atoms with E-state index >= 15 is 0 Å². The normalized spacial score (nSPS) is 26.8. The molecule has 2 aliphatic heterocycles. The summed E-state index contributed by atoms with van der Waals surface area (Å²) in [5.41, 5.74) is 1.34. The lowest BCUT2D eigenvalue weighted by Crippen LogP contribution is -2.46. The molecule has 2 aliphatic rings. The molecule has 0 radical (unpaired) electrons. The molecule has 3 heteroatoms. The van der Waals surface area contributed by atoms with E-state index in [1.54, 1.807) is 0 Å². The number of benzene rings is 1. The first-order valence-electron chi connectivity index (χ1n) is 7.42. The van der Waals surface area contributed by atoms with Crippen molar-refractivity contribution in [1.82, 2.24) is 10.2 Å². The van der Waals surface area contributed by atoms with E-state index in [4.69, 9.17) is 0 Å². The molecule has 2 saturated heterocycles. The number of nitrogens with one attached hydrogen (secondary N) is 1. The molecule has 0 aromatic heterocycles. The third kappa shape index (κ3) is 2.81. The van der Waals surface area contributed by atoms with Crippen molar-refractivity contribution in [3.8, 4) is 0 Å². The second-order valence-corrected chi connectivity index (χ2v) is 5.67. The zero-order valence-electron chi connectivity index (χ0n) is 11.3. The third-order valence-corrected chi connectivity index (χ3v) is 4.33. The molecule has 19 heavy (non-hydrogen) atoms. The van der Waals surface area contributed by atoms with Crippen molar-refractivity contribution in [3.63, 3.8) is 0 Å². The van der Waals surface area contributed by atoms with Crippen LogP contribution in [0.15, 0.2) is 30.3 Å². The number of carbonyl (C=O) groups is 1. The van der Waals surface area contributed by atoms with Crippen LogP contribution < -0.4 is 5.32 Å². The fourth-order valence-electron chi connectivity index (χ4n) is 3.32. The highest BCUT2D eigenvalue weighted by molar-refractivity contribution is 5.82. The van der Waals surface area contributed by atoms with E-state index in [1.165, 1.54) is 5.56 Å². The minimum absolute atomic E-state index is 0.0800. The van der Waals surface area contributed by atoms with Crippen LogP contribution in [-0.4, -0.2) is 36.0 Å². The number of amides is 1. The number of rotatable bonds is 3. The molecule has 2 atom stereocenters. The van der Waals surface area contributed by atoms with Crippen molar-refractivity contribution in [3.05, 3.63) is 35.9 Å². The van der Waals surface area contributed by atoms with Gasteiger partial charge in [-0.05, 0) is 44.2 Å². The zero-order chi connectivity index (χ0) is 13.1. The predicted molar refractivity (Wildman–Crippen MR) is 75.9 cm³/mol. The monoisotopic (exact) mass is 258 g/mol. The Hall–Kier alpha value is -1.35. The van der Waals surface area contributed by atoms with Crippen molar-refractivity contribution in [1.29, 1.82) is 0 Å². The van der Waals surface area contributed by atoms with Gasteiger partial charge in [0, 0.05) is 12.6 Å². The number of nitrogens with zero attached hydrogens (tertiary/aromatic N) is 1. The first-order chi connectivity index (χ1) is 9.34. The van der Waals surface area contributed by atoms with Crippen molar-refractivity contribution < 1.29 is 4.79 Å². The van der Waals surface area contributed by atoms with Crippen LogP contribution in [0.3, 0.4) is 0 Å². The highest BCUT2D eigenvalue weighted by atomic mass is 16.2. The first kappa shape index (κ1) is 12.7. The van der Waals surface area contributed by atoms with Crippen LogP contribution in [0, 0.1) is 0 Å². The number of hydrogen-bond donors (Lipinski definition) is 1. The number of hydrogen-bond acceptors (Lipinski definition) is 2. The summed E-state index contributed by atoms with van der Waals surface area (Å²) in [5, 5.41) is 3.33. The summed E-state index contributed by atoms with van der Waals surface area (Å²) in [5.74, 6) is 0.330. The molecule has 1 N–H and O–H groups in total. The minimum Gasteiger partial charge on any atom is -0.338 e. The van der Waals surface area contributed by atoms with Gasteiger partial charge in [-0.2, -0.15) is 0 Å². The van der Waals surface area contributed by atoms with E-state index in [9.17, 15) is 4.79 Å². The predicted octanol–water partition coefficient (Wildman–Crippen LogP) is 1.97. The number of likely N-dealkylation sites (tertiary alicyclic amines) is 1. The Kier molecular flexibility index (Phi) is 3.83. The van der Waals surface area contributed by atoms with Crippen molar-refractivity contribution in [2.45, 2.75) is 44.2 Å². The van der Waals surface area contributed by atoms with Crippen LogP contribution in [0.2, 0.25) is 0 Å². The van der Waals surface area contributed by atoms with E-state index in [0.717, 1.165) is 45.2 Å². The van der Waals surface area contributed by atoms with E-state index < -0.39 is 0 Å². The van der Waals surface area contributed by atoms with Gasteiger partial charge >= 0.3 is 0 Å². The molecule has 1 aromatic rings. The maximum absolute atomic E-state index is 12.5. The van der Waals surface area contributed by atoms with Crippen LogP contribution in [-0.2, 0) is 11.2 Å². The van der Waals surface area contributed by atoms with E-state index in [-0.39, 0.29) is 6.04 Å². The SMILES string of the molecule is O=C(C1CCCN1)N1CCCC1Cc1ccccc1. The quantitative estimate of drug-likeness (QED) is 0.899. The van der Waals surface area contributed by atoms with Gasteiger partial charge in [-0.1, -0.05) is 30.3 Å². The molecule has 1 aromatic carbocycles. The van der Waals surface area contributed by atoms with Gasteiger partial charge in [-0.15, -0.1) is 0 Å². The van der Waals surface area contributed by atoms with Gasteiger partial charge in [0.1, 0.15) is 0 Å². The highest BCUT2D eigenvalue weighted by Gasteiger charge is 2.33. The maximum atomic E-state index is 12.5. The molecule has 3 rings (SSSR count). The Labute approximate surface area is 115 Å². The molecular weight excluding hydrogens is 236 g/mol. The molecular formula is C16H22N2O. The van der Waals surface area contributed by atoms with Crippen molar-refractivity contribution in [2.24, 2.45) is 0 Å². The van der Waals surface area contributed by atoms with E-state index in [2.05, 4.69) is 34.5 Å². The summed E-state index contributed by atoms with van der Waals surface area (Å²) >= 11 is 0. The van der Waals surface area contributed by atoms with Crippen LogP contribution in [0.5, 0.6) is 0 Å². The molecule has 0 spiro atoms. The standard InChI is InChI=1S/C16H22N2O/c19-16(15-9-4-10-17-15)18-11-5-8-14(18)12-13-6-2-1-3-7-13/h1-3,6-7,14-15,17H,4-5,8-12H2. The lowest BCUT2D eigenvalue weighted by Gasteiger charge is -2.27. The summed E-state index contributed by atoms with van der Waals surface area (Å²) < 4.78 is 0. The summed E-state index contributed by atoms with van der Waals surface area (Å²) in [4.78, 5) is 14.6. The molecule has 3 nitrogen and oxygen atoms in total. The minimum atomic E-state index is 0.0800. The topological polar surface area (TPSA) is 32.3 Å². The largest absolute Gasteiger partial charge is 0.338 e. The lowest BCUT2D eigenvalue weighted by atomic mass is 10.0.